The Morgan fingerprint density at radius 3 is 2.76 bits per heavy atom. The molecule has 0 radical (unpaired) electrons. The van der Waals surface area contributed by atoms with Gasteiger partial charge in [0.25, 0.3) is 0 Å². The van der Waals surface area contributed by atoms with E-state index >= 15 is 0 Å². The molecule has 0 spiro atoms. The summed E-state index contributed by atoms with van der Waals surface area (Å²) in [6.07, 6.45) is 1.02. The fourth-order valence-electron chi connectivity index (χ4n) is 2.09. The van der Waals surface area contributed by atoms with Crippen LogP contribution in [0.3, 0.4) is 0 Å². The SMILES string of the molecule is CCCOc1ccc(Br)cc1CNC(C)c1ccc(C)s1. The predicted molar refractivity (Wildman–Crippen MR) is 94.2 cm³/mol. The largest absolute Gasteiger partial charge is 0.493 e. The molecule has 1 atom stereocenters. The Kier molecular flexibility index (Phi) is 6.27. The molecule has 1 heterocycles. The lowest BCUT2D eigenvalue weighted by Crippen LogP contribution is -2.17. The van der Waals surface area contributed by atoms with Crippen molar-refractivity contribution in [1.29, 1.82) is 0 Å². The van der Waals surface area contributed by atoms with Gasteiger partial charge in [0.1, 0.15) is 5.75 Å². The Labute approximate surface area is 139 Å². The van der Waals surface area contributed by atoms with E-state index in [0.717, 1.165) is 29.8 Å². The van der Waals surface area contributed by atoms with Crippen LogP contribution in [0.1, 0.15) is 41.6 Å². The average Bonchev–Trinajstić information content (AvgIpc) is 2.90. The van der Waals surface area contributed by atoms with Gasteiger partial charge in [0, 0.05) is 32.4 Å². The summed E-state index contributed by atoms with van der Waals surface area (Å²) in [7, 11) is 0. The second-order valence-corrected chi connectivity index (χ2v) is 7.39. The fraction of sp³-hybridized carbons (Fsp3) is 0.412. The maximum atomic E-state index is 5.83. The number of nitrogens with one attached hydrogen (secondary N) is 1. The molecule has 0 bridgehead atoms. The van der Waals surface area contributed by atoms with Gasteiger partial charge in [0.2, 0.25) is 0 Å². The van der Waals surface area contributed by atoms with E-state index in [1.807, 2.05) is 23.5 Å². The normalized spacial score (nSPS) is 12.4. The second kappa shape index (κ2) is 7.97. The van der Waals surface area contributed by atoms with Gasteiger partial charge in [-0.2, -0.15) is 0 Å². The van der Waals surface area contributed by atoms with Gasteiger partial charge in [-0.05, 0) is 50.6 Å². The van der Waals surface area contributed by atoms with E-state index < -0.39 is 0 Å². The zero-order valence-electron chi connectivity index (χ0n) is 12.8. The summed E-state index contributed by atoms with van der Waals surface area (Å²) in [6, 6.07) is 10.9. The van der Waals surface area contributed by atoms with Gasteiger partial charge in [-0.1, -0.05) is 22.9 Å². The Morgan fingerprint density at radius 2 is 2.10 bits per heavy atom. The summed E-state index contributed by atoms with van der Waals surface area (Å²) in [5, 5.41) is 3.58. The van der Waals surface area contributed by atoms with E-state index in [0.29, 0.717) is 6.04 Å². The Morgan fingerprint density at radius 1 is 1.29 bits per heavy atom. The van der Waals surface area contributed by atoms with E-state index in [4.69, 9.17) is 4.74 Å². The number of benzene rings is 1. The summed E-state index contributed by atoms with van der Waals surface area (Å²) in [4.78, 5) is 2.73. The van der Waals surface area contributed by atoms with Crippen molar-refractivity contribution in [3.8, 4) is 5.75 Å². The molecule has 0 saturated carbocycles. The Bertz CT molecular complexity index is 582. The van der Waals surface area contributed by atoms with E-state index in [2.05, 4.69) is 60.2 Å². The van der Waals surface area contributed by atoms with Crippen LogP contribution < -0.4 is 10.1 Å². The molecule has 0 aliphatic carbocycles. The van der Waals surface area contributed by atoms with Gasteiger partial charge >= 0.3 is 0 Å². The van der Waals surface area contributed by atoms with Gasteiger partial charge < -0.3 is 10.1 Å². The quantitative estimate of drug-likeness (QED) is 0.701. The van der Waals surface area contributed by atoms with Gasteiger partial charge in [0.05, 0.1) is 6.61 Å². The molecule has 4 heteroatoms. The Balaban J connectivity index is 2.02. The minimum atomic E-state index is 0.349. The topological polar surface area (TPSA) is 21.3 Å². The molecule has 0 saturated heterocycles. The number of rotatable bonds is 7. The zero-order chi connectivity index (χ0) is 15.2. The highest BCUT2D eigenvalue weighted by Gasteiger charge is 2.10. The molecule has 0 fully saturated rings. The number of halogens is 1. The van der Waals surface area contributed by atoms with Crippen LogP contribution in [0, 0.1) is 6.92 Å². The van der Waals surface area contributed by atoms with E-state index in [1.165, 1.54) is 15.3 Å². The first-order chi connectivity index (χ1) is 10.1. The minimum absolute atomic E-state index is 0.349. The highest BCUT2D eigenvalue weighted by Crippen LogP contribution is 2.26. The summed E-state index contributed by atoms with van der Waals surface area (Å²) in [5.74, 6) is 0.974. The molecule has 1 unspecified atom stereocenters. The molecule has 0 aliphatic rings. The van der Waals surface area contributed by atoms with E-state index in [1.54, 1.807) is 0 Å². The lowest BCUT2D eigenvalue weighted by Gasteiger charge is -2.15. The van der Waals surface area contributed by atoms with E-state index in [9.17, 15) is 0 Å². The van der Waals surface area contributed by atoms with Crippen molar-refractivity contribution in [2.24, 2.45) is 0 Å². The first-order valence-electron chi connectivity index (χ1n) is 7.31. The van der Waals surface area contributed by atoms with E-state index in [-0.39, 0.29) is 0 Å². The van der Waals surface area contributed by atoms with Crippen LogP contribution in [0.4, 0.5) is 0 Å². The molecule has 114 valence electrons. The van der Waals surface area contributed by atoms with Crippen LogP contribution in [-0.2, 0) is 6.54 Å². The third-order valence-corrected chi connectivity index (χ3v) is 4.95. The molecule has 2 rings (SSSR count). The minimum Gasteiger partial charge on any atom is -0.493 e. The lowest BCUT2D eigenvalue weighted by molar-refractivity contribution is 0.313. The second-order valence-electron chi connectivity index (χ2n) is 5.15. The molecule has 1 aromatic carbocycles. The molecule has 1 aromatic heterocycles. The standard InChI is InChI=1S/C17H22BrNOS/c1-4-9-20-16-7-6-15(18)10-14(16)11-19-13(3)17-8-5-12(2)21-17/h5-8,10,13,19H,4,9,11H2,1-3H3. The molecular formula is C17H22BrNOS. The van der Waals surface area contributed by atoms with Crippen molar-refractivity contribution < 1.29 is 4.74 Å². The maximum absolute atomic E-state index is 5.83. The molecule has 0 aliphatic heterocycles. The van der Waals surface area contributed by atoms with Gasteiger partial charge in [-0.15, -0.1) is 11.3 Å². The zero-order valence-corrected chi connectivity index (χ0v) is 15.2. The summed E-state index contributed by atoms with van der Waals surface area (Å²) >= 11 is 5.39. The van der Waals surface area contributed by atoms with Gasteiger partial charge in [-0.3, -0.25) is 0 Å². The Hall–Kier alpha value is -0.840. The highest BCUT2D eigenvalue weighted by molar-refractivity contribution is 9.10. The number of hydrogen-bond acceptors (Lipinski definition) is 3. The summed E-state index contributed by atoms with van der Waals surface area (Å²) in [6.45, 7) is 8.03. The van der Waals surface area contributed by atoms with Crippen molar-refractivity contribution in [2.75, 3.05) is 6.61 Å². The van der Waals surface area contributed by atoms with Crippen LogP contribution in [0.15, 0.2) is 34.8 Å². The molecule has 21 heavy (non-hydrogen) atoms. The first-order valence-corrected chi connectivity index (χ1v) is 8.92. The number of aryl methyl sites for hydroxylation is 1. The van der Waals surface area contributed by atoms with Crippen LogP contribution in [0.2, 0.25) is 0 Å². The monoisotopic (exact) mass is 367 g/mol. The third kappa shape index (κ3) is 4.83. The number of hydrogen-bond donors (Lipinski definition) is 1. The number of ether oxygens (including phenoxy) is 1. The average molecular weight is 368 g/mol. The summed E-state index contributed by atoms with van der Waals surface area (Å²) in [5.41, 5.74) is 1.19. The first kappa shape index (κ1) is 16.5. The maximum Gasteiger partial charge on any atom is 0.123 e. The third-order valence-electron chi connectivity index (χ3n) is 3.27. The highest BCUT2D eigenvalue weighted by atomic mass is 79.9. The molecule has 0 amide bonds. The lowest BCUT2D eigenvalue weighted by atomic mass is 10.2. The molecule has 1 N–H and O–H groups in total. The van der Waals surface area contributed by atoms with Crippen molar-refractivity contribution >= 4 is 27.3 Å². The predicted octanol–water partition coefficient (Wildman–Crippen LogP) is 5.46. The van der Waals surface area contributed by atoms with Crippen molar-refractivity contribution in [1.82, 2.24) is 5.32 Å². The molecular weight excluding hydrogens is 346 g/mol. The van der Waals surface area contributed by atoms with Crippen LogP contribution in [0.25, 0.3) is 0 Å². The van der Waals surface area contributed by atoms with Crippen molar-refractivity contribution in [3.63, 3.8) is 0 Å². The molecule has 2 nitrogen and oxygen atoms in total. The van der Waals surface area contributed by atoms with Gasteiger partial charge in [-0.25, -0.2) is 0 Å². The van der Waals surface area contributed by atoms with Crippen LogP contribution >= 0.6 is 27.3 Å². The summed E-state index contributed by atoms with van der Waals surface area (Å²) < 4.78 is 6.91. The fourth-order valence-corrected chi connectivity index (χ4v) is 3.40. The molecule has 2 aromatic rings. The number of thiophene rings is 1. The van der Waals surface area contributed by atoms with Crippen molar-refractivity contribution in [2.45, 2.75) is 39.8 Å². The van der Waals surface area contributed by atoms with Gasteiger partial charge in [0.15, 0.2) is 0 Å². The van der Waals surface area contributed by atoms with Crippen LogP contribution in [-0.4, -0.2) is 6.61 Å². The smallest absolute Gasteiger partial charge is 0.123 e. The van der Waals surface area contributed by atoms with Crippen LogP contribution in [0.5, 0.6) is 5.75 Å². The van der Waals surface area contributed by atoms with Crippen molar-refractivity contribution in [3.05, 3.63) is 50.1 Å².